The molecule has 0 radical (unpaired) electrons. The molecule has 146 valence electrons. The average molecular weight is 417 g/mol. The molecule has 3 aromatic rings. The van der Waals surface area contributed by atoms with Crippen LogP contribution < -0.4 is 4.74 Å². The van der Waals surface area contributed by atoms with Crippen LogP contribution >= 0.6 is 23.8 Å². The summed E-state index contributed by atoms with van der Waals surface area (Å²) in [7, 11) is 1.73. The van der Waals surface area contributed by atoms with Crippen molar-refractivity contribution in [3.05, 3.63) is 63.9 Å². The largest absolute Gasteiger partial charge is 0.490 e. The molecule has 1 aromatic heterocycles. The van der Waals surface area contributed by atoms with E-state index in [0.717, 1.165) is 11.1 Å². The van der Waals surface area contributed by atoms with E-state index < -0.39 is 0 Å². The number of amides is 1. The Kier molecular flexibility index (Phi) is 6.49. The molecule has 0 saturated heterocycles. The van der Waals surface area contributed by atoms with E-state index in [1.54, 1.807) is 28.6 Å². The lowest BCUT2D eigenvalue weighted by Crippen LogP contribution is -2.33. The first kappa shape index (κ1) is 20.1. The molecule has 0 unspecified atom stereocenters. The zero-order valence-corrected chi connectivity index (χ0v) is 17.3. The maximum atomic E-state index is 12.6. The molecule has 6 nitrogen and oxygen atoms in total. The zero-order valence-electron chi connectivity index (χ0n) is 15.7. The predicted octanol–water partition coefficient (Wildman–Crippen LogP) is 4.11. The number of aromatic amines is 1. The minimum absolute atomic E-state index is 0.0892. The van der Waals surface area contributed by atoms with Gasteiger partial charge in [0.05, 0.1) is 11.6 Å². The predicted molar refractivity (Wildman–Crippen MR) is 112 cm³/mol. The van der Waals surface area contributed by atoms with E-state index in [0.29, 0.717) is 34.5 Å². The number of likely N-dealkylation sites (N-methyl/N-ethyl adjacent to an activating group) is 1. The number of H-pyrrole nitrogens is 1. The quantitative estimate of drug-likeness (QED) is 0.589. The molecule has 1 heterocycles. The molecule has 1 amide bonds. The Labute approximate surface area is 173 Å². The number of nitrogens with zero attached hydrogens (tertiary/aromatic N) is 3. The van der Waals surface area contributed by atoms with Crippen LogP contribution in [-0.4, -0.2) is 45.8 Å². The number of rotatable bonds is 7. The summed E-state index contributed by atoms with van der Waals surface area (Å²) in [5, 5.41) is 7.59. The molecule has 0 aliphatic carbocycles. The normalized spacial score (nSPS) is 10.7. The number of hydrogen-bond donors (Lipinski definition) is 1. The van der Waals surface area contributed by atoms with E-state index >= 15 is 0 Å². The van der Waals surface area contributed by atoms with Gasteiger partial charge in [-0.1, -0.05) is 53.6 Å². The summed E-state index contributed by atoms with van der Waals surface area (Å²) in [6, 6.07) is 15.2. The molecule has 1 N–H and O–H groups in total. The second-order valence-corrected chi connectivity index (χ2v) is 7.19. The lowest BCUT2D eigenvalue weighted by Gasteiger charge is -2.18. The summed E-state index contributed by atoms with van der Waals surface area (Å²) >= 11 is 11.4. The third-order valence-corrected chi connectivity index (χ3v) is 4.93. The van der Waals surface area contributed by atoms with Crippen molar-refractivity contribution in [2.75, 3.05) is 20.2 Å². The van der Waals surface area contributed by atoms with Crippen molar-refractivity contribution in [3.8, 4) is 17.1 Å². The topological polar surface area (TPSA) is 63.2 Å². The smallest absolute Gasteiger partial charge is 0.242 e. The Balaban J connectivity index is 1.63. The molecule has 28 heavy (non-hydrogen) atoms. The molecule has 0 atom stereocenters. The minimum atomic E-state index is -0.0892. The van der Waals surface area contributed by atoms with Crippen molar-refractivity contribution >= 4 is 29.7 Å². The van der Waals surface area contributed by atoms with Gasteiger partial charge in [0.2, 0.25) is 5.91 Å². The first-order chi connectivity index (χ1) is 13.5. The summed E-state index contributed by atoms with van der Waals surface area (Å²) in [5.41, 5.74) is 2.05. The lowest BCUT2D eigenvalue weighted by atomic mass is 10.1. The molecule has 0 aliphatic rings. The lowest BCUT2D eigenvalue weighted by molar-refractivity contribution is -0.130. The molecule has 8 heteroatoms. The van der Waals surface area contributed by atoms with Gasteiger partial charge in [0.25, 0.3) is 0 Å². The van der Waals surface area contributed by atoms with E-state index in [-0.39, 0.29) is 12.5 Å². The minimum Gasteiger partial charge on any atom is -0.490 e. The SMILES string of the molecule is Cc1ccc(-c2n[nH]c(=S)n2CC(=O)N(C)CCOc2ccccc2Cl)cc1. The van der Waals surface area contributed by atoms with E-state index in [4.69, 9.17) is 28.6 Å². The number of para-hydroxylation sites is 1. The fourth-order valence-corrected chi connectivity index (χ4v) is 3.01. The Morgan fingerprint density at radius 1 is 1.25 bits per heavy atom. The number of nitrogens with one attached hydrogen (secondary N) is 1. The van der Waals surface area contributed by atoms with Crippen LogP contribution in [0.1, 0.15) is 5.56 Å². The van der Waals surface area contributed by atoms with Crippen LogP contribution in [-0.2, 0) is 11.3 Å². The van der Waals surface area contributed by atoms with E-state index in [9.17, 15) is 4.79 Å². The van der Waals surface area contributed by atoms with Crippen LogP contribution in [0.2, 0.25) is 5.02 Å². The Hall–Kier alpha value is -2.64. The van der Waals surface area contributed by atoms with E-state index in [1.165, 1.54) is 0 Å². The number of carbonyl (C=O) groups is 1. The van der Waals surface area contributed by atoms with Crippen LogP contribution in [0.15, 0.2) is 48.5 Å². The maximum Gasteiger partial charge on any atom is 0.242 e. The van der Waals surface area contributed by atoms with Gasteiger partial charge in [0.15, 0.2) is 10.6 Å². The monoisotopic (exact) mass is 416 g/mol. The Morgan fingerprint density at radius 3 is 2.68 bits per heavy atom. The molecular weight excluding hydrogens is 396 g/mol. The number of halogens is 1. The molecule has 2 aromatic carbocycles. The number of carbonyl (C=O) groups excluding carboxylic acids is 1. The van der Waals surface area contributed by atoms with E-state index in [2.05, 4.69) is 10.2 Å². The number of benzene rings is 2. The maximum absolute atomic E-state index is 12.6. The molecule has 0 spiro atoms. The van der Waals surface area contributed by atoms with Crippen LogP contribution in [0.4, 0.5) is 0 Å². The van der Waals surface area contributed by atoms with Gasteiger partial charge in [-0.2, -0.15) is 5.10 Å². The van der Waals surface area contributed by atoms with Crippen molar-refractivity contribution in [2.45, 2.75) is 13.5 Å². The fraction of sp³-hybridized carbons (Fsp3) is 0.250. The Morgan fingerprint density at radius 2 is 1.96 bits per heavy atom. The first-order valence-corrected chi connectivity index (χ1v) is 9.58. The molecule has 0 bridgehead atoms. The molecular formula is C20H21ClN4O2S. The molecule has 0 aliphatic heterocycles. The van der Waals surface area contributed by atoms with Gasteiger partial charge < -0.3 is 9.64 Å². The number of ether oxygens (including phenoxy) is 1. The fourth-order valence-electron chi connectivity index (χ4n) is 2.62. The van der Waals surface area contributed by atoms with Crippen molar-refractivity contribution in [1.82, 2.24) is 19.7 Å². The third-order valence-electron chi connectivity index (χ3n) is 4.31. The highest BCUT2D eigenvalue weighted by atomic mass is 35.5. The van der Waals surface area contributed by atoms with Crippen molar-refractivity contribution < 1.29 is 9.53 Å². The summed E-state index contributed by atoms with van der Waals surface area (Å²) in [5.74, 6) is 1.15. The standard InChI is InChI=1S/C20H21ClN4O2S/c1-14-7-9-15(10-8-14)19-22-23-20(28)25(19)13-18(26)24(2)11-12-27-17-6-4-3-5-16(17)21/h3-10H,11-13H2,1-2H3,(H,23,28). The van der Waals surface area contributed by atoms with Gasteiger partial charge >= 0.3 is 0 Å². The number of hydrogen-bond acceptors (Lipinski definition) is 4. The second-order valence-electron chi connectivity index (χ2n) is 6.40. The summed E-state index contributed by atoms with van der Waals surface area (Å²) in [6.45, 7) is 2.88. The third kappa shape index (κ3) is 4.79. The summed E-state index contributed by atoms with van der Waals surface area (Å²) in [6.07, 6.45) is 0. The van der Waals surface area contributed by atoms with E-state index in [1.807, 2.05) is 43.3 Å². The Bertz CT molecular complexity index is 1010. The van der Waals surface area contributed by atoms with Crippen LogP contribution in [0.3, 0.4) is 0 Å². The van der Waals surface area contributed by atoms with Gasteiger partial charge in [-0.3, -0.25) is 14.5 Å². The summed E-state index contributed by atoms with van der Waals surface area (Å²) < 4.78 is 7.76. The van der Waals surface area contributed by atoms with Gasteiger partial charge in [-0.15, -0.1) is 0 Å². The van der Waals surface area contributed by atoms with Crippen molar-refractivity contribution in [2.24, 2.45) is 0 Å². The summed E-state index contributed by atoms with van der Waals surface area (Å²) in [4.78, 5) is 14.2. The van der Waals surface area contributed by atoms with Gasteiger partial charge in [0, 0.05) is 12.6 Å². The highest BCUT2D eigenvalue weighted by Gasteiger charge is 2.15. The number of aryl methyl sites for hydroxylation is 1. The number of aromatic nitrogens is 3. The molecule has 3 rings (SSSR count). The van der Waals surface area contributed by atoms with Gasteiger partial charge in [-0.25, -0.2) is 0 Å². The average Bonchev–Trinajstić information content (AvgIpc) is 3.04. The van der Waals surface area contributed by atoms with Gasteiger partial charge in [0.1, 0.15) is 18.9 Å². The molecule has 0 saturated carbocycles. The van der Waals surface area contributed by atoms with Crippen molar-refractivity contribution in [1.29, 1.82) is 0 Å². The van der Waals surface area contributed by atoms with Crippen LogP contribution in [0, 0.1) is 11.7 Å². The highest BCUT2D eigenvalue weighted by molar-refractivity contribution is 7.71. The molecule has 0 fully saturated rings. The van der Waals surface area contributed by atoms with Gasteiger partial charge in [-0.05, 0) is 31.3 Å². The van der Waals surface area contributed by atoms with Crippen LogP contribution in [0.5, 0.6) is 5.75 Å². The van der Waals surface area contributed by atoms with Crippen LogP contribution in [0.25, 0.3) is 11.4 Å². The second kappa shape index (κ2) is 9.03. The first-order valence-electron chi connectivity index (χ1n) is 8.79. The van der Waals surface area contributed by atoms with Crippen molar-refractivity contribution in [3.63, 3.8) is 0 Å². The highest BCUT2D eigenvalue weighted by Crippen LogP contribution is 2.23. The zero-order chi connectivity index (χ0) is 20.1.